The van der Waals surface area contributed by atoms with Crippen molar-refractivity contribution in [1.82, 2.24) is 25.6 Å². The highest BCUT2D eigenvalue weighted by Crippen LogP contribution is 2.12. The number of carbonyl (C=O) groups excluding carboxylic acids is 1. The van der Waals surface area contributed by atoms with Crippen molar-refractivity contribution in [3.63, 3.8) is 0 Å². The Hall–Kier alpha value is -1.47. The highest BCUT2D eigenvalue weighted by Gasteiger charge is 2.33. The van der Waals surface area contributed by atoms with Gasteiger partial charge in [0.2, 0.25) is 0 Å². The van der Waals surface area contributed by atoms with E-state index in [-0.39, 0.29) is 18.1 Å². The fourth-order valence-electron chi connectivity index (χ4n) is 2.04. The van der Waals surface area contributed by atoms with Crippen LogP contribution in [0.2, 0.25) is 0 Å². The first kappa shape index (κ1) is 12.0. The second-order valence-electron chi connectivity index (χ2n) is 4.06. The van der Waals surface area contributed by atoms with Crippen LogP contribution >= 0.6 is 0 Å². The summed E-state index contributed by atoms with van der Waals surface area (Å²) in [6.07, 6.45) is 1.44. The van der Waals surface area contributed by atoms with Crippen molar-refractivity contribution in [1.29, 1.82) is 0 Å². The van der Waals surface area contributed by atoms with Gasteiger partial charge in [0.25, 0.3) is 5.91 Å². The molecule has 17 heavy (non-hydrogen) atoms. The fraction of sp³-hybridized carbons (Fsp3) is 0.700. The number of nitrogens with one attached hydrogen (secondary N) is 2. The van der Waals surface area contributed by atoms with Crippen LogP contribution in [0.4, 0.5) is 0 Å². The Balaban J connectivity index is 1.96. The number of rotatable bonds is 4. The van der Waals surface area contributed by atoms with Crippen LogP contribution in [0.5, 0.6) is 0 Å². The van der Waals surface area contributed by atoms with Crippen LogP contribution in [0.1, 0.15) is 17.4 Å². The molecule has 0 radical (unpaired) electrons. The summed E-state index contributed by atoms with van der Waals surface area (Å²) in [5.41, 5.74) is 0.301. The maximum Gasteiger partial charge on any atom is 0.273 e. The van der Waals surface area contributed by atoms with Crippen LogP contribution in [0, 0.1) is 0 Å². The number of aromatic nitrogens is 3. The molecular formula is C10H17N5O2. The molecule has 0 bridgehead atoms. The van der Waals surface area contributed by atoms with E-state index >= 15 is 0 Å². The number of ether oxygens (including phenoxy) is 1. The van der Waals surface area contributed by atoms with E-state index in [1.165, 1.54) is 6.20 Å². The second-order valence-corrected chi connectivity index (χ2v) is 4.06. The summed E-state index contributed by atoms with van der Waals surface area (Å²) < 4.78 is 5.37. The van der Waals surface area contributed by atoms with Gasteiger partial charge >= 0.3 is 0 Å². The lowest BCUT2D eigenvalue weighted by atomic mass is 10.2. The van der Waals surface area contributed by atoms with Crippen molar-refractivity contribution in [3.05, 3.63) is 11.9 Å². The van der Waals surface area contributed by atoms with Gasteiger partial charge in [-0.15, -0.1) is 0 Å². The Labute approximate surface area is 99.5 Å². The predicted molar refractivity (Wildman–Crippen MR) is 60.5 cm³/mol. The maximum absolute atomic E-state index is 11.8. The zero-order chi connectivity index (χ0) is 12.3. The first-order chi connectivity index (χ1) is 8.24. The second kappa shape index (κ2) is 5.24. The van der Waals surface area contributed by atoms with Crippen molar-refractivity contribution in [2.24, 2.45) is 0 Å². The lowest BCUT2D eigenvalue weighted by molar-refractivity contribution is 0.0759. The summed E-state index contributed by atoms with van der Waals surface area (Å²) in [5, 5.41) is 12.7. The first-order valence-corrected chi connectivity index (χ1v) is 5.66. The quantitative estimate of drug-likeness (QED) is 0.722. The van der Waals surface area contributed by atoms with Crippen LogP contribution in [0.25, 0.3) is 0 Å². The molecule has 0 aromatic carbocycles. The summed E-state index contributed by atoms with van der Waals surface area (Å²) >= 11 is 0. The SMILES string of the molecule is CCN1C[C@H](NC(=O)c2cn[nH]n2)[C@@H](OC)C1. The van der Waals surface area contributed by atoms with E-state index in [9.17, 15) is 4.79 Å². The number of likely N-dealkylation sites (N-methyl/N-ethyl adjacent to an activating group) is 1. The van der Waals surface area contributed by atoms with Crippen LogP contribution < -0.4 is 5.32 Å². The van der Waals surface area contributed by atoms with Crippen molar-refractivity contribution in [3.8, 4) is 0 Å². The molecule has 1 aromatic heterocycles. The van der Waals surface area contributed by atoms with Gasteiger partial charge in [0.15, 0.2) is 5.69 Å². The molecule has 2 heterocycles. The average molecular weight is 239 g/mol. The molecule has 0 saturated carbocycles. The minimum absolute atomic E-state index is 0.00384. The van der Waals surface area contributed by atoms with Gasteiger partial charge in [0, 0.05) is 20.2 Å². The molecule has 0 unspecified atom stereocenters. The van der Waals surface area contributed by atoms with E-state index in [2.05, 4.69) is 32.6 Å². The minimum Gasteiger partial charge on any atom is -0.378 e. The Kier molecular flexibility index (Phi) is 3.70. The lowest BCUT2D eigenvalue weighted by Gasteiger charge is -2.17. The van der Waals surface area contributed by atoms with Gasteiger partial charge in [-0.25, -0.2) is 0 Å². The minimum atomic E-state index is -0.219. The van der Waals surface area contributed by atoms with Gasteiger partial charge < -0.3 is 10.1 Å². The molecular weight excluding hydrogens is 222 g/mol. The lowest BCUT2D eigenvalue weighted by Crippen LogP contribution is -2.43. The molecule has 1 amide bonds. The van der Waals surface area contributed by atoms with Crippen molar-refractivity contribution < 1.29 is 9.53 Å². The Morgan fingerprint density at radius 2 is 2.53 bits per heavy atom. The number of hydrogen-bond acceptors (Lipinski definition) is 5. The number of likely N-dealkylation sites (tertiary alicyclic amines) is 1. The number of hydrogen-bond donors (Lipinski definition) is 2. The third-order valence-electron chi connectivity index (χ3n) is 3.06. The predicted octanol–water partition coefficient (Wildman–Crippen LogP) is -0.746. The summed E-state index contributed by atoms with van der Waals surface area (Å²) in [5.74, 6) is -0.219. The highest BCUT2D eigenvalue weighted by atomic mass is 16.5. The van der Waals surface area contributed by atoms with Gasteiger partial charge in [-0.05, 0) is 6.54 Å². The van der Waals surface area contributed by atoms with E-state index < -0.39 is 0 Å². The molecule has 0 spiro atoms. The maximum atomic E-state index is 11.8. The molecule has 1 aromatic rings. The number of amides is 1. The number of carbonyl (C=O) groups is 1. The van der Waals surface area contributed by atoms with Crippen LogP contribution in [0.3, 0.4) is 0 Å². The van der Waals surface area contributed by atoms with E-state index in [1.807, 2.05) is 0 Å². The van der Waals surface area contributed by atoms with E-state index in [1.54, 1.807) is 7.11 Å². The Morgan fingerprint density at radius 1 is 1.71 bits per heavy atom. The molecule has 2 rings (SSSR count). The number of H-pyrrole nitrogens is 1. The third kappa shape index (κ3) is 2.62. The van der Waals surface area contributed by atoms with E-state index in [4.69, 9.17) is 4.74 Å². The molecule has 7 heteroatoms. The van der Waals surface area contributed by atoms with E-state index in [0.717, 1.165) is 19.6 Å². The average Bonchev–Trinajstić information content (AvgIpc) is 2.97. The smallest absolute Gasteiger partial charge is 0.273 e. The highest BCUT2D eigenvalue weighted by molar-refractivity contribution is 5.92. The number of methoxy groups -OCH3 is 1. The van der Waals surface area contributed by atoms with Crippen LogP contribution in [0.15, 0.2) is 6.20 Å². The summed E-state index contributed by atoms with van der Waals surface area (Å²) in [6, 6.07) is 0.00384. The summed E-state index contributed by atoms with van der Waals surface area (Å²) in [6.45, 7) is 4.69. The molecule has 1 saturated heterocycles. The number of aromatic amines is 1. The van der Waals surface area contributed by atoms with Gasteiger partial charge in [-0.3, -0.25) is 9.69 Å². The molecule has 94 valence electrons. The summed E-state index contributed by atoms with van der Waals surface area (Å²) in [7, 11) is 1.67. The van der Waals surface area contributed by atoms with E-state index in [0.29, 0.717) is 5.69 Å². The van der Waals surface area contributed by atoms with Gasteiger partial charge in [0.05, 0.1) is 18.3 Å². The van der Waals surface area contributed by atoms with Gasteiger partial charge in [-0.1, -0.05) is 6.92 Å². The van der Waals surface area contributed by atoms with Crippen molar-refractivity contribution in [2.75, 3.05) is 26.7 Å². The van der Waals surface area contributed by atoms with Gasteiger partial charge in [-0.2, -0.15) is 15.4 Å². The largest absolute Gasteiger partial charge is 0.378 e. The fourth-order valence-corrected chi connectivity index (χ4v) is 2.04. The molecule has 1 aliphatic rings. The van der Waals surface area contributed by atoms with Crippen LogP contribution in [-0.2, 0) is 4.74 Å². The van der Waals surface area contributed by atoms with Crippen LogP contribution in [-0.4, -0.2) is 65.1 Å². The molecule has 0 aliphatic carbocycles. The number of nitrogens with zero attached hydrogens (tertiary/aromatic N) is 3. The Bertz CT molecular complexity index is 367. The monoisotopic (exact) mass is 239 g/mol. The first-order valence-electron chi connectivity index (χ1n) is 5.66. The molecule has 2 N–H and O–H groups in total. The topological polar surface area (TPSA) is 83.1 Å². The molecule has 7 nitrogen and oxygen atoms in total. The van der Waals surface area contributed by atoms with Crippen molar-refractivity contribution in [2.45, 2.75) is 19.1 Å². The zero-order valence-electron chi connectivity index (χ0n) is 10.0. The summed E-state index contributed by atoms with van der Waals surface area (Å²) in [4.78, 5) is 14.0. The van der Waals surface area contributed by atoms with Gasteiger partial charge in [0.1, 0.15) is 0 Å². The Morgan fingerprint density at radius 3 is 3.12 bits per heavy atom. The third-order valence-corrected chi connectivity index (χ3v) is 3.06. The zero-order valence-corrected chi connectivity index (χ0v) is 10.0. The molecule has 1 fully saturated rings. The normalized spacial score (nSPS) is 25.1. The molecule has 2 atom stereocenters. The van der Waals surface area contributed by atoms with Crippen molar-refractivity contribution >= 4 is 5.91 Å². The standard InChI is InChI=1S/C10H17N5O2/c1-3-15-5-8(9(6-15)17-2)12-10(16)7-4-11-14-13-7/h4,8-9H,3,5-6H2,1-2H3,(H,12,16)(H,11,13,14)/t8-,9-/m0/s1. The molecule has 1 aliphatic heterocycles.